The maximum Gasteiger partial charge on any atom is 0.235 e. The van der Waals surface area contributed by atoms with Gasteiger partial charge in [0.15, 0.2) is 0 Å². The Morgan fingerprint density at radius 1 is 1.50 bits per heavy atom. The largest absolute Gasteiger partial charge is 0.339 e. The lowest BCUT2D eigenvalue weighted by Gasteiger charge is -2.30. The molecular formula is C11H21NOS. The monoisotopic (exact) mass is 215 g/mol. The Hall–Kier alpha value is -0.180. The second kappa shape index (κ2) is 5.64. The number of hydrogen-bond acceptors (Lipinski definition) is 2. The Bertz CT molecular complexity index is 194. The molecule has 0 aromatic carbocycles. The van der Waals surface area contributed by atoms with Gasteiger partial charge in [0.05, 0.1) is 5.25 Å². The molecule has 1 rings (SSSR count). The van der Waals surface area contributed by atoms with Crippen LogP contribution in [0.3, 0.4) is 0 Å². The first-order chi connectivity index (χ1) is 6.66. The quantitative estimate of drug-likeness (QED) is 0.702. The minimum atomic E-state index is -0.151. The number of nitrogens with zero attached hydrogens (tertiary/aromatic N) is 1. The Morgan fingerprint density at radius 3 is 2.79 bits per heavy atom. The molecule has 0 aromatic heterocycles. The Kier molecular flexibility index (Phi) is 4.79. The van der Waals surface area contributed by atoms with E-state index in [1.165, 1.54) is 19.3 Å². The van der Waals surface area contributed by atoms with Crippen LogP contribution >= 0.6 is 12.6 Å². The number of likely N-dealkylation sites (tertiary alicyclic amines) is 1. The highest BCUT2D eigenvalue weighted by Gasteiger charge is 2.25. The van der Waals surface area contributed by atoms with Gasteiger partial charge < -0.3 is 4.90 Å². The summed E-state index contributed by atoms with van der Waals surface area (Å²) < 4.78 is 0. The van der Waals surface area contributed by atoms with E-state index < -0.39 is 0 Å². The van der Waals surface area contributed by atoms with Crippen LogP contribution in [-0.4, -0.2) is 28.6 Å². The molecule has 2 atom stereocenters. The van der Waals surface area contributed by atoms with Crippen LogP contribution in [0.1, 0.15) is 46.0 Å². The summed E-state index contributed by atoms with van der Waals surface area (Å²) in [7, 11) is 0. The molecule has 1 aliphatic heterocycles. The van der Waals surface area contributed by atoms with E-state index in [1.54, 1.807) is 0 Å². The van der Waals surface area contributed by atoms with Crippen molar-refractivity contribution in [2.75, 3.05) is 6.54 Å². The molecule has 2 nitrogen and oxygen atoms in total. The molecule has 0 aliphatic carbocycles. The number of carbonyl (C=O) groups excluding carboxylic acids is 1. The molecule has 1 saturated heterocycles. The van der Waals surface area contributed by atoms with E-state index in [2.05, 4.69) is 19.6 Å². The number of carbonyl (C=O) groups is 1. The maximum atomic E-state index is 11.9. The lowest BCUT2D eigenvalue weighted by molar-refractivity contribution is -0.132. The molecule has 1 heterocycles. The zero-order valence-electron chi connectivity index (χ0n) is 9.20. The summed E-state index contributed by atoms with van der Waals surface area (Å²) in [5.74, 6) is 0.210. The fourth-order valence-electron chi connectivity index (χ4n) is 2.13. The first-order valence-electron chi connectivity index (χ1n) is 5.65. The molecule has 3 heteroatoms. The molecule has 0 saturated carbocycles. The van der Waals surface area contributed by atoms with Gasteiger partial charge in [-0.25, -0.2) is 0 Å². The number of hydrogen-bond donors (Lipinski definition) is 1. The molecule has 0 radical (unpaired) electrons. The van der Waals surface area contributed by atoms with Gasteiger partial charge in [-0.15, -0.1) is 0 Å². The topological polar surface area (TPSA) is 20.3 Å². The minimum Gasteiger partial charge on any atom is -0.339 e. The van der Waals surface area contributed by atoms with Crippen LogP contribution in [0.15, 0.2) is 0 Å². The van der Waals surface area contributed by atoms with Gasteiger partial charge in [-0.2, -0.15) is 12.6 Å². The van der Waals surface area contributed by atoms with E-state index in [1.807, 2.05) is 11.8 Å². The highest BCUT2D eigenvalue weighted by atomic mass is 32.1. The van der Waals surface area contributed by atoms with Crippen LogP contribution < -0.4 is 0 Å². The van der Waals surface area contributed by atoms with Crippen LogP contribution in [0.4, 0.5) is 0 Å². The molecule has 14 heavy (non-hydrogen) atoms. The molecule has 1 fully saturated rings. The predicted octanol–water partition coefficient (Wildman–Crippen LogP) is 2.49. The van der Waals surface area contributed by atoms with Gasteiger partial charge in [0.1, 0.15) is 0 Å². The van der Waals surface area contributed by atoms with Crippen molar-refractivity contribution in [2.45, 2.75) is 57.2 Å². The van der Waals surface area contributed by atoms with E-state index >= 15 is 0 Å². The summed E-state index contributed by atoms with van der Waals surface area (Å²) >= 11 is 4.23. The Balaban J connectivity index is 2.65. The molecule has 1 amide bonds. The summed E-state index contributed by atoms with van der Waals surface area (Å²) in [4.78, 5) is 13.9. The fourth-order valence-corrected chi connectivity index (χ4v) is 2.28. The number of rotatable bonds is 2. The van der Waals surface area contributed by atoms with Crippen molar-refractivity contribution < 1.29 is 4.79 Å². The van der Waals surface area contributed by atoms with E-state index in [-0.39, 0.29) is 11.2 Å². The third-order valence-corrected chi connectivity index (χ3v) is 3.21. The molecule has 0 bridgehead atoms. The SMILES string of the molecule is CCC1CCCCCN1C(=O)C(C)S. The van der Waals surface area contributed by atoms with Crippen LogP contribution in [-0.2, 0) is 4.79 Å². The van der Waals surface area contributed by atoms with Gasteiger partial charge >= 0.3 is 0 Å². The summed E-state index contributed by atoms with van der Waals surface area (Å²) in [5, 5.41) is -0.151. The lowest BCUT2D eigenvalue weighted by Crippen LogP contribution is -2.42. The highest BCUT2D eigenvalue weighted by molar-refractivity contribution is 7.81. The predicted molar refractivity (Wildman–Crippen MR) is 62.7 cm³/mol. The average Bonchev–Trinajstić information content (AvgIpc) is 2.40. The fraction of sp³-hybridized carbons (Fsp3) is 0.909. The number of amides is 1. The van der Waals surface area contributed by atoms with Gasteiger partial charge in [0.2, 0.25) is 5.91 Å². The first kappa shape index (κ1) is 11.9. The summed E-state index contributed by atoms with van der Waals surface area (Å²) in [6.07, 6.45) is 5.93. The van der Waals surface area contributed by atoms with Crippen LogP contribution in [0.25, 0.3) is 0 Å². The molecule has 2 unspecified atom stereocenters. The van der Waals surface area contributed by atoms with E-state index in [0.29, 0.717) is 6.04 Å². The lowest BCUT2D eigenvalue weighted by atomic mass is 10.1. The Labute approximate surface area is 92.5 Å². The standard InChI is InChI=1S/C11H21NOS/c1-3-10-7-5-4-6-8-12(10)11(13)9(2)14/h9-10,14H,3-8H2,1-2H3. The summed E-state index contributed by atoms with van der Waals surface area (Å²) in [6, 6.07) is 0.458. The van der Waals surface area contributed by atoms with Crippen molar-refractivity contribution in [1.29, 1.82) is 0 Å². The smallest absolute Gasteiger partial charge is 0.235 e. The molecule has 82 valence electrons. The van der Waals surface area contributed by atoms with E-state index in [0.717, 1.165) is 19.4 Å². The van der Waals surface area contributed by atoms with Crippen molar-refractivity contribution in [3.8, 4) is 0 Å². The second-order valence-electron chi connectivity index (χ2n) is 4.12. The molecular weight excluding hydrogens is 194 g/mol. The maximum absolute atomic E-state index is 11.9. The van der Waals surface area contributed by atoms with Gasteiger partial charge in [-0.1, -0.05) is 19.8 Å². The van der Waals surface area contributed by atoms with Crippen molar-refractivity contribution in [2.24, 2.45) is 0 Å². The zero-order valence-corrected chi connectivity index (χ0v) is 10.1. The third-order valence-electron chi connectivity index (χ3n) is 2.99. The number of thiol groups is 1. The molecule has 0 N–H and O–H groups in total. The zero-order chi connectivity index (χ0) is 10.6. The van der Waals surface area contributed by atoms with Crippen LogP contribution in [0, 0.1) is 0 Å². The van der Waals surface area contributed by atoms with Gasteiger partial charge in [-0.3, -0.25) is 4.79 Å². The van der Waals surface area contributed by atoms with E-state index in [4.69, 9.17) is 0 Å². The third kappa shape index (κ3) is 2.91. The molecule has 1 aliphatic rings. The van der Waals surface area contributed by atoms with Crippen LogP contribution in [0.2, 0.25) is 0 Å². The average molecular weight is 215 g/mol. The molecule has 0 spiro atoms. The van der Waals surface area contributed by atoms with E-state index in [9.17, 15) is 4.79 Å². The van der Waals surface area contributed by atoms with Gasteiger partial charge in [-0.05, 0) is 26.2 Å². The van der Waals surface area contributed by atoms with Crippen LogP contribution in [0.5, 0.6) is 0 Å². The van der Waals surface area contributed by atoms with Crippen molar-refractivity contribution in [1.82, 2.24) is 4.90 Å². The second-order valence-corrected chi connectivity index (χ2v) is 4.89. The Morgan fingerprint density at radius 2 is 2.21 bits per heavy atom. The van der Waals surface area contributed by atoms with Crippen molar-refractivity contribution >= 4 is 18.5 Å². The first-order valence-corrected chi connectivity index (χ1v) is 6.17. The summed E-state index contributed by atoms with van der Waals surface area (Å²) in [5.41, 5.74) is 0. The van der Waals surface area contributed by atoms with Crippen molar-refractivity contribution in [3.63, 3.8) is 0 Å². The van der Waals surface area contributed by atoms with Gasteiger partial charge in [0, 0.05) is 12.6 Å². The highest BCUT2D eigenvalue weighted by Crippen LogP contribution is 2.20. The summed E-state index contributed by atoms with van der Waals surface area (Å²) in [6.45, 7) is 4.96. The van der Waals surface area contributed by atoms with Gasteiger partial charge in [0.25, 0.3) is 0 Å². The molecule has 0 aromatic rings. The normalized spacial score (nSPS) is 25.6. The van der Waals surface area contributed by atoms with Crippen molar-refractivity contribution in [3.05, 3.63) is 0 Å². The minimum absolute atomic E-state index is 0.151.